The van der Waals surface area contributed by atoms with Crippen LogP contribution in [0.15, 0.2) is 285 Å². The molecule has 15 aromatic carbocycles. The van der Waals surface area contributed by atoms with E-state index in [0.717, 1.165) is 0 Å². The SMILES string of the molecule is Cc1ccc(-c2ccc(-c3c4ccccc4c(-c4ccc(-c5cccc(-c6ccccc6-c6c7ccccc7c(-c7cccc8c7sc7ccccc78)c7ccccc67)c5)c5ccccc45)c4ccccc34)cc2)c2ccccc12. The molecule has 372 valence electrons. The van der Waals surface area contributed by atoms with Crippen LogP contribution in [0.5, 0.6) is 0 Å². The molecule has 16 rings (SSSR count). The predicted molar refractivity (Wildman–Crippen MR) is 347 cm³/mol. The molecule has 0 fully saturated rings. The van der Waals surface area contributed by atoms with E-state index in [0.29, 0.717) is 0 Å². The molecule has 0 nitrogen and oxygen atoms in total. The summed E-state index contributed by atoms with van der Waals surface area (Å²) in [6, 6.07) is 106. The van der Waals surface area contributed by atoms with Crippen molar-refractivity contribution in [1.29, 1.82) is 0 Å². The minimum Gasteiger partial charge on any atom is -0.135 e. The van der Waals surface area contributed by atoms with Crippen LogP contribution in [-0.4, -0.2) is 0 Å². The van der Waals surface area contributed by atoms with Crippen molar-refractivity contribution in [3.63, 3.8) is 0 Å². The van der Waals surface area contributed by atoms with E-state index in [1.165, 1.54) is 168 Å². The van der Waals surface area contributed by atoms with Gasteiger partial charge in [0.05, 0.1) is 0 Å². The second kappa shape index (κ2) is 18.6. The molecule has 1 heterocycles. The first kappa shape index (κ1) is 46.2. The van der Waals surface area contributed by atoms with Gasteiger partial charge in [0.1, 0.15) is 0 Å². The molecule has 1 aromatic heterocycles. The third-order valence-corrected chi connectivity index (χ3v) is 18.3. The zero-order chi connectivity index (χ0) is 52.8. The van der Waals surface area contributed by atoms with E-state index in [1.807, 2.05) is 11.3 Å². The van der Waals surface area contributed by atoms with E-state index < -0.39 is 0 Å². The predicted octanol–water partition coefficient (Wildman–Crippen LogP) is 23.0. The number of thiophene rings is 1. The fourth-order valence-corrected chi connectivity index (χ4v) is 14.7. The monoisotopic (exact) mass is 1030 g/mol. The Morgan fingerprint density at radius 3 is 1.16 bits per heavy atom. The number of fused-ring (bicyclic) bond motifs is 9. The number of benzene rings is 15. The van der Waals surface area contributed by atoms with Gasteiger partial charge >= 0.3 is 0 Å². The summed E-state index contributed by atoms with van der Waals surface area (Å²) in [5.74, 6) is 0. The summed E-state index contributed by atoms with van der Waals surface area (Å²) in [5, 5.41) is 17.7. The maximum atomic E-state index is 2.41. The molecule has 0 aliphatic rings. The summed E-state index contributed by atoms with van der Waals surface area (Å²) in [6.07, 6.45) is 0. The highest BCUT2D eigenvalue weighted by Gasteiger charge is 2.23. The summed E-state index contributed by atoms with van der Waals surface area (Å²) in [6.45, 7) is 2.20. The maximum Gasteiger partial charge on any atom is 0.0434 e. The Hall–Kier alpha value is -9.92. The van der Waals surface area contributed by atoms with Crippen molar-refractivity contribution >= 4 is 96.1 Å². The Bertz CT molecular complexity index is 5070. The van der Waals surface area contributed by atoms with Crippen LogP contribution in [-0.2, 0) is 0 Å². The van der Waals surface area contributed by atoms with E-state index in [-0.39, 0.29) is 0 Å². The second-order valence-electron chi connectivity index (χ2n) is 21.3. The van der Waals surface area contributed by atoms with Gasteiger partial charge in [-0.05, 0) is 162 Å². The van der Waals surface area contributed by atoms with Gasteiger partial charge in [-0.1, -0.05) is 273 Å². The fraction of sp³-hybridized carbons (Fsp3) is 0.0127. The topological polar surface area (TPSA) is 0 Å². The molecule has 0 unspecified atom stereocenters. The normalized spacial score (nSPS) is 11.8. The Kier molecular flexibility index (Phi) is 10.8. The number of aryl methyl sites for hydroxylation is 1. The lowest BCUT2D eigenvalue weighted by molar-refractivity contribution is 1.52. The van der Waals surface area contributed by atoms with Gasteiger partial charge in [0, 0.05) is 25.7 Å². The number of rotatable bonds is 7. The van der Waals surface area contributed by atoms with Gasteiger partial charge < -0.3 is 0 Å². The fourth-order valence-electron chi connectivity index (χ4n) is 13.5. The van der Waals surface area contributed by atoms with Crippen LogP contribution >= 0.6 is 11.3 Å². The molecule has 0 bridgehead atoms. The Morgan fingerprint density at radius 1 is 0.200 bits per heavy atom. The van der Waals surface area contributed by atoms with Gasteiger partial charge in [0.15, 0.2) is 0 Å². The highest BCUT2D eigenvalue weighted by Crippen LogP contribution is 2.51. The minimum absolute atomic E-state index is 1.19. The molecular weight excluding hydrogens is 981 g/mol. The van der Waals surface area contributed by atoms with Crippen molar-refractivity contribution in [3.05, 3.63) is 291 Å². The first-order chi connectivity index (χ1) is 39.6. The van der Waals surface area contributed by atoms with Gasteiger partial charge in [-0.2, -0.15) is 0 Å². The van der Waals surface area contributed by atoms with Gasteiger partial charge in [0.2, 0.25) is 0 Å². The van der Waals surface area contributed by atoms with Gasteiger partial charge in [-0.3, -0.25) is 0 Å². The van der Waals surface area contributed by atoms with Crippen LogP contribution in [0.4, 0.5) is 0 Å². The average molecular weight is 1030 g/mol. The average Bonchev–Trinajstić information content (AvgIpc) is 4.06. The molecule has 0 aliphatic heterocycles. The minimum atomic E-state index is 1.19. The lowest BCUT2D eigenvalue weighted by atomic mass is 9.83. The van der Waals surface area contributed by atoms with Crippen molar-refractivity contribution in [1.82, 2.24) is 0 Å². The van der Waals surface area contributed by atoms with E-state index >= 15 is 0 Å². The van der Waals surface area contributed by atoms with Crippen molar-refractivity contribution in [2.24, 2.45) is 0 Å². The lowest BCUT2D eigenvalue weighted by Gasteiger charge is -2.20. The largest absolute Gasteiger partial charge is 0.135 e. The van der Waals surface area contributed by atoms with Crippen LogP contribution in [0.2, 0.25) is 0 Å². The smallest absolute Gasteiger partial charge is 0.0434 e. The molecule has 0 saturated carbocycles. The summed E-state index contributed by atoms with van der Waals surface area (Å²) < 4.78 is 2.65. The van der Waals surface area contributed by atoms with E-state index in [4.69, 9.17) is 0 Å². The van der Waals surface area contributed by atoms with Crippen LogP contribution in [0.3, 0.4) is 0 Å². The molecule has 0 N–H and O–H groups in total. The number of hydrogen-bond donors (Lipinski definition) is 0. The first-order valence-corrected chi connectivity index (χ1v) is 28.6. The molecule has 16 aromatic rings. The molecule has 0 saturated heterocycles. The highest BCUT2D eigenvalue weighted by atomic mass is 32.1. The Labute approximate surface area is 468 Å². The quantitative estimate of drug-likeness (QED) is 0.140. The molecule has 0 atom stereocenters. The second-order valence-corrected chi connectivity index (χ2v) is 22.4. The summed E-state index contributed by atoms with van der Waals surface area (Å²) in [5.41, 5.74) is 18.6. The van der Waals surface area contributed by atoms with E-state index in [9.17, 15) is 0 Å². The molecule has 0 radical (unpaired) electrons. The van der Waals surface area contributed by atoms with Crippen molar-refractivity contribution in [2.45, 2.75) is 6.92 Å². The number of hydrogen-bond acceptors (Lipinski definition) is 1. The zero-order valence-electron chi connectivity index (χ0n) is 44.0. The third kappa shape index (κ3) is 7.21. The van der Waals surface area contributed by atoms with Crippen LogP contribution in [0.1, 0.15) is 5.56 Å². The van der Waals surface area contributed by atoms with Crippen molar-refractivity contribution in [3.8, 4) is 77.9 Å². The van der Waals surface area contributed by atoms with Crippen LogP contribution < -0.4 is 0 Å². The van der Waals surface area contributed by atoms with E-state index in [1.54, 1.807) is 0 Å². The van der Waals surface area contributed by atoms with Crippen LogP contribution in [0.25, 0.3) is 163 Å². The zero-order valence-corrected chi connectivity index (χ0v) is 44.9. The van der Waals surface area contributed by atoms with E-state index in [2.05, 4.69) is 292 Å². The van der Waals surface area contributed by atoms with Gasteiger partial charge in [-0.15, -0.1) is 11.3 Å². The van der Waals surface area contributed by atoms with Gasteiger partial charge in [-0.25, -0.2) is 0 Å². The van der Waals surface area contributed by atoms with Gasteiger partial charge in [0.25, 0.3) is 0 Å². The first-order valence-electron chi connectivity index (χ1n) is 27.7. The molecule has 0 amide bonds. The third-order valence-electron chi connectivity index (χ3n) is 17.0. The lowest BCUT2D eigenvalue weighted by Crippen LogP contribution is -1.93. The summed E-state index contributed by atoms with van der Waals surface area (Å²) in [4.78, 5) is 0. The molecule has 1 heteroatoms. The molecular formula is C79H50S. The van der Waals surface area contributed by atoms with Crippen LogP contribution in [0, 0.1) is 6.92 Å². The standard InChI is InChI=1S/C79H50S/c1-49-40-45-56(58-24-4-2-22-54(49)58)50-41-43-51(44-42-50)75-63-29-8-10-31-65(63)77(66-32-11-9-30-64(66)75)71-47-46-57(59-25-5-6-26-60(59)71)53-21-18-20-52(48-53)55-23-3-7-28-62(55)76-67-33-12-14-35-69(67)78(70-36-15-13-34-68(70)76)73-38-19-37-72-61-27-16-17-39-74(61)80-79(72)73/h2-48H,1H3. The van der Waals surface area contributed by atoms with Crippen molar-refractivity contribution < 1.29 is 0 Å². The molecule has 0 spiro atoms. The maximum absolute atomic E-state index is 2.41. The Balaban J connectivity index is 0.827. The molecule has 0 aliphatic carbocycles. The van der Waals surface area contributed by atoms with Crippen molar-refractivity contribution in [2.75, 3.05) is 0 Å². The Morgan fingerprint density at radius 2 is 0.562 bits per heavy atom. The summed E-state index contributed by atoms with van der Waals surface area (Å²) in [7, 11) is 0. The summed E-state index contributed by atoms with van der Waals surface area (Å²) >= 11 is 1.90. The highest BCUT2D eigenvalue weighted by molar-refractivity contribution is 7.26. The molecule has 80 heavy (non-hydrogen) atoms.